The van der Waals surface area contributed by atoms with Crippen LogP contribution in [0.15, 0.2) is 30.3 Å². The van der Waals surface area contributed by atoms with E-state index in [0.29, 0.717) is 25.5 Å². The third kappa shape index (κ3) is 6.06. The minimum atomic E-state index is -0.0117. The van der Waals surface area contributed by atoms with E-state index in [1.54, 1.807) is 0 Å². The molecule has 0 saturated carbocycles. The van der Waals surface area contributed by atoms with Gasteiger partial charge in [0.05, 0.1) is 13.0 Å². The van der Waals surface area contributed by atoms with Gasteiger partial charge in [-0.1, -0.05) is 44.9 Å². The largest absolute Gasteiger partial charge is 0.493 e. The lowest BCUT2D eigenvalue weighted by Gasteiger charge is -2.21. The van der Waals surface area contributed by atoms with Gasteiger partial charge < -0.3 is 15.8 Å². The van der Waals surface area contributed by atoms with E-state index >= 15 is 0 Å². The Morgan fingerprint density at radius 1 is 1.25 bits per heavy atom. The Bertz CT molecular complexity index is 377. The van der Waals surface area contributed by atoms with Crippen molar-refractivity contribution in [2.24, 2.45) is 11.7 Å². The molecule has 3 N–H and O–H groups in total. The van der Waals surface area contributed by atoms with Crippen LogP contribution in [-0.4, -0.2) is 25.1 Å². The Kier molecular flexibility index (Phi) is 7.73. The number of rotatable bonds is 9. The maximum absolute atomic E-state index is 11.7. The number of amides is 1. The van der Waals surface area contributed by atoms with Crippen LogP contribution in [-0.2, 0) is 4.79 Å². The van der Waals surface area contributed by atoms with Gasteiger partial charge >= 0.3 is 0 Å². The van der Waals surface area contributed by atoms with Crippen LogP contribution in [0.25, 0.3) is 0 Å². The van der Waals surface area contributed by atoms with E-state index in [1.807, 2.05) is 30.3 Å². The summed E-state index contributed by atoms with van der Waals surface area (Å²) in [6.07, 6.45) is 2.44. The summed E-state index contributed by atoms with van der Waals surface area (Å²) in [4.78, 5) is 11.7. The van der Waals surface area contributed by atoms with Crippen molar-refractivity contribution in [1.82, 2.24) is 5.32 Å². The second-order valence-electron chi connectivity index (χ2n) is 4.96. The molecule has 4 heteroatoms. The summed E-state index contributed by atoms with van der Waals surface area (Å²) in [6, 6.07) is 9.53. The van der Waals surface area contributed by atoms with E-state index in [-0.39, 0.29) is 11.9 Å². The van der Waals surface area contributed by atoms with Crippen molar-refractivity contribution in [1.29, 1.82) is 0 Å². The highest BCUT2D eigenvalue weighted by molar-refractivity contribution is 5.76. The average molecular weight is 278 g/mol. The second-order valence-corrected chi connectivity index (χ2v) is 4.96. The summed E-state index contributed by atoms with van der Waals surface area (Å²) in [5.74, 6) is 1.24. The minimum absolute atomic E-state index is 0.0117. The lowest BCUT2D eigenvalue weighted by molar-refractivity contribution is -0.121. The zero-order chi connectivity index (χ0) is 14.8. The summed E-state index contributed by atoms with van der Waals surface area (Å²) < 4.78 is 5.48. The van der Waals surface area contributed by atoms with Gasteiger partial charge in [0.15, 0.2) is 0 Å². The van der Waals surface area contributed by atoms with Crippen LogP contribution < -0.4 is 15.8 Å². The van der Waals surface area contributed by atoms with Gasteiger partial charge in [-0.05, 0) is 18.1 Å². The fourth-order valence-corrected chi connectivity index (χ4v) is 2.16. The lowest BCUT2D eigenvalue weighted by atomic mass is 9.95. The van der Waals surface area contributed by atoms with Crippen LogP contribution in [0.5, 0.6) is 5.75 Å². The number of para-hydroxylation sites is 1. The third-order valence-corrected chi connectivity index (χ3v) is 3.53. The average Bonchev–Trinajstić information content (AvgIpc) is 2.47. The summed E-state index contributed by atoms with van der Waals surface area (Å²) in [5.41, 5.74) is 6.06. The number of ether oxygens (including phenoxy) is 1. The summed E-state index contributed by atoms with van der Waals surface area (Å²) >= 11 is 0. The van der Waals surface area contributed by atoms with Crippen molar-refractivity contribution in [2.75, 3.05) is 13.2 Å². The van der Waals surface area contributed by atoms with Crippen LogP contribution in [0.1, 0.15) is 33.1 Å². The van der Waals surface area contributed by atoms with E-state index < -0.39 is 0 Å². The van der Waals surface area contributed by atoms with Crippen LogP contribution in [0.4, 0.5) is 0 Å². The van der Waals surface area contributed by atoms with Gasteiger partial charge in [-0.2, -0.15) is 0 Å². The Balaban J connectivity index is 2.17. The van der Waals surface area contributed by atoms with E-state index in [2.05, 4.69) is 19.2 Å². The first-order valence-electron chi connectivity index (χ1n) is 7.37. The second kappa shape index (κ2) is 9.37. The molecule has 0 heterocycles. The van der Waals surface area contributed by atoms with Crippen LogP contribution in [0, 0.1) is 5.92 Å². The molecule has 1 atom stereocenters. The number of hydrogen-bond acceptors (Lipinski definition) is 3. The van der Waals surface area contributed by atoms with E-state index in [9.17, 15) is 4.79 Å². The Morgan fingerprint density at radius 3 is 2.50 bits per heavy atom. The molecular formula is C16H26N2O2. The first-order valence-corrected chi connectivity index (χ1v) is 7.37. The molecule has 0 aliphatic carbocycles. The maximum atomic E-state index is 11.7. The smallest absolute Gasteiger partial charge is 0.223 e. The van der Waals surface area contributed by atoms with E-state index in [0.717, 1.165) is 18.6 Å². The van der Waals surface area contributed by atoms with Gasteiger partial charge in [0.2, 0.25) is 5.91 Å². The Labute approximate surface area is 121 Å². The van der Waals surface area contributed by atoms with Gasteiger partial charge in [-0.15, -0.1) is 0 Å². The Morgan fingerprint density at radius 2 is 1.90 bits per heavy atom. The summed E-state index contributed by atoms with van der Waals surface area (Å²) in [6.45, 7) is 5.18. The quantitative estimate of drug-likeness (QED) is 0.728. The van der Waals surface area contributed by atoms with Crippen LogP contribution >= 0.6 is 0 Å². The normalized spacial score (nSPS) is 12.2. The first-order chi connectivity index (χ1) is 9.67. The molecule has 1 rings (SSSR count). The van der Waals surface area contributed by atoms with E-state index in [4.69, 9.17) is 10.5 Å². The molecule has 20 heavy (non-hydrogen) atoms. The van der Waals surface area contributed by atoms with Gasteiger partial charge in [-0.3, -0.25) is 4.79 Å². The molecule has 0 aromatic heterocycles. The lowest BCUT2D eigenvalue weighted by Crippen LogP contribution is -2.42. The van der Waals surface area contributed by atoms with Crippen molar-refractivity contribution in [2.45, 2.75) is 39.2 Å². The molecule has 1 amide bonds. The predicted molar refractivity (Wildman–Crippen MR) is 81.6 cm³/mol. The number of nitrogens with two attached hydrogens (primary N) is 1. The standard InChI is InChI=1S/C16H26N2O2/c1-3-13(4-2)15(17)12-18-16(19)10-11-20-14-8-6-5-7-9-14/h5-9,13,15H,3-4,10-12,17H2,1-2H3,(H,18,19). The van der Waals surface area contributed by atoms with Crippen molar-refractivity contribution >= 4 is 5.91 Å². The summed E-state index contributed by atoms with van der Waals surface area (Å²) in [5, 5.41) is 2.87. The summed E-state index contributed by atoms with van der Waals surface area (Å²) in [7, 11) is 0. The van der Waals surface area contributed by atoms with Gasteiger partial charge in [0.25, 0.3) is 0 Å². The number of benzene rings is 1. The topological polar surface area (TPSA) is 64.3 Å². The van der Waals surface area contributed by atoms with Crippen molar-refractivity contribution in [3.05, 3.63) is 30.3 Å². The molecule has 4 nitrogen and oxygen atoms in total. The van der Waals surface area contributed by atoms with Gasteiger partial charge in [0.1, 0.15) is 5.75 Å². The molecule has 0 radical (unpaired) electrons. The molecule has 1 unspecified atom stereocenters. The van der Waals surface area contributed by atoms with Crippen molar-refractivity contribution in [3.8, 4) is 5.75 Å². The highest BCUT2D eigenvalue weighted by Crippen LogP contribution is 2.10. The molecule has 0 saturated heterocycles. The van der Waals surface area contributed by atoms with Crippen molar-refractivity contribution < 1.29 is 9.53 Å². The number of hydrogen-bond donors (Lipinski definition) is 2. The van der Waals surface area contributed by atoms with Gasteiger partial charge in [-0.25, -0.2) is 0 Å². The number of nitrogens with one attached hydrogen (secondary N) is 1. The molecule has 0 fully saturated rings. The molecule has 112 valence electrons. The molecular weight excluding hydrogens is 252 g/mol. The van der Waals surface area contributed by atoms with Crippen LogP contribution in [0.2, 0.25) is 0 Å². The zero-order valence-electron chi connectivity index (χ0n) is 12.5. The number of carbonyl (C=O) groups excluding carboxylic acids is 1. The molecule has 0 spiro atoms. The number of carbonyl (C=O) groups is 1. The zero-order valence-corrected chi connectivity index (χ0v) is 12.5. The Hall–Kier alpha value is -1.55. The molecule has 1 aromatic rings. The highest BCUT2D eigenvalue weighted by atomic mass is 16.5. The molecule has 0 aliphatic heterocycles. The highest BCUT2D eigenvalue weighted by Gasteiger charge is 2.14. The minimum Gasteiger partial charge on any atom is -0.493 e. The van der Waals surface area contributed by atoms with Crippen molar-refractivity contribution in [3.63, 3.8) is 0 Å². The monoisotopic (exact) mass is 278 g/mol. The SMILES string of the molecule is CCC(CC)C(N)CNC(=O)CCOc1ccccc1. The third-order valence-electron chi connectivity index (χ3n) is 3.53. The molecule has 0 bridgehead atoms. The van der Waals surface area contributed by atoms with Crippen LogP contribution in [0.3, 0.4) is 0 Å². The van der Waals surface area contributed by atoms with E-state index in [1.165, 1.54) is 0 Å². The fraction of sp³-hybridized carbons (Fsp3) is 0.562. The fourth-order valence-electron chi connectivity index (χ4n) is 2.16. The molecule has 0 aliphatic rings. The predicted octanol–water partition coefficient (Wildman–Crippen LogP) is 2.34. The maximum Gasteiger partial charge on any atom is 0.223 e. The molecule has 1 aromatic carbocycles. The first kappa shape index (κ1) is 16.5. The van der Waals surface area contributed by atoms with Gasteiger partial charge in [0, 0.05) is 12.6 Å².